The van der Waals surface area contributed by atoms with Crippen molar-refractivity contribution in [2.24, 2.45) is 0 Å². The first kappa shape index (κ1) is 17.4. The van der Waals surface area contributed by atoms with E-state index in [0.29, 0.717) is 23.4 Å². The van der Waals surface area contributed by atoms with Crippen LogP contribution in [0.25, 0.3) is 0 Å². The maximum absolute atomic E-state index is 13.3. The van der Waals surface area contributed by atoms with Gasteiger partial charge in [0.05, 0.1) is 6.54 Å². The zero-order chi connectivity index (χ0) is 17.8. The van der Waals surface area contributed by atoms with E-state index in [9.17, 15) is 9.18 Å². The molecule has 1 aromatic heterocycles. The lowest BCUT2D eigenvalue weighted by atomic mass is 10.1. The molecule has 0 spiro atoms. The number of nitrogens with zero attached hydrogens (tertiary/aromatic N) is 1. The standard InChI is InChI=1S/C20H17BrFNO2/c1-14-5-2-3-7-16(14)13-25-18-9-10-23(20(24)19(18)21)12-15-6-4-8-17(22)11-15/h2-11H,12-13H2,1H3. The topological polar surface area (TPSA) is 31.2 Å². The Hall–Kier alpha value is -2.40. The zero-order valence-corrected chi connectivity index (χ0v) is 15.3. The fourth-order valence-corrected chi connectivity index (χ4v) is 3.00. The number of halogens is 2. The summed E-state index contributed by atoms with van der Waals surface area (Å²) in [6.45, 7) is 2.70. The summed E-state index contributed by atoms with van der Waals surface area (Å²) in [4.78, 5) is 12.5. The van der Waals surface area contributed by atoms with E-state index in [1.807, 2.05) is 31.2 Å². The molecule has 0 radical (unpaired) electrons. The Morgan fingerprint density at radius 1 is 1.12 bits per heavy atom. The summed E-state index contributed by atoms with van der Waals surface area (Å²) in [5.74, 6) is 0.173. The van der Waals surface area contributed by atoms with Crippen LogP contribution in [0.3, 0.4) is 0 Å². The Morgan fingerprint density at radius 2 is 1.92 bits per heavy atom. The molecular weight excluding hydrogens is 385 g/mol. The third kappa shape index (κ3) is 4.17. The van der Waals surface area contributed by atoms with Crippen LogP contribution < -0.4 is 10.3 Å². The van der Waals surface area contributed by atoms with Crippen molar-refractivity contribution in [3.8, 4) is 5.75 Å². The largest absolute Gasteiger partial charge is 0.487 e. The van der Waals surface area contributed by atoms with Crippen molar-refractivity contribution >= 4 is 15.9 Å². The molecule has 5 heteroatoms. The van der Waals surface area contributed by atoms with Gasteiger partial charge >= 0.3 is 0 Å². The number of benzene rings is 2. The second-order valence-electron chi connectivity index (χ2n) is 5.77. The number of rotatable bonds is 5. The van der Waals surface area contributed by atoms with E-state index in [4.69, 9.17) is 4.74 Å². The van der Waals surface area contributed by atoms with Crippen LogP contribution >= 0.6 is 15.9 Å². The smallest absolute Gasteiger partial charge is 0.268 e. The van der Waals surface area contributed by atoms with Crippen molar-refractivity contribution in [2.45, 2.75) is 20.1 Å². The summed E-state index contributed by atoms with van der Waals surface area (Å²) < 4.78 is 21.0. The van der Waals surface area contributed by atoms with E-state index in [2.05, 4.69) is 15.9 Å². The van der Waals surface area contributed by atoms with Crippen LogP contribution in [0.5, 0.6) is 5.75 Å². The van der Waals surface area contributed by atoms with E-state index < -0.39 is 0 Å². The summed E-state index contributed by atoms with van der Waals surface area (Å²) in [5.41, 5.74) is 2.71. The van der Waals surface area contributed by atoms with Crippen molar-refractivity contribution in [3.05, 3.63) is 98.1 Å². The quantitative estimate of drug-likeness (QED) is 0.620. The zero-order valence-electron chi connectivity index (χ0n) is 13.7. The van der Waals surface area contributed by atoms with E-state index in [1.54, 1.807) is 24.4 Å². The van der Waals surface area contributed by atoms with Crippen LogP contribution in [-0.4, -0.2) is 4.57 Å². The van der Waals surface area contributed by atoms with Gasteiger partial charge in [0.15, 0.2) is 0 Å². The van der Waals surface area contributed by atoms with Gasteiger partial charge in [0, 0.05) is 6.20 Å². The van der Waals surface area contributed by atoms with Gasteiger partial charge in [-0.05, 0) is 57.7 Å². The predicted molar refractivity (Wildman–Crippen MR) is 99.4 cm³/mol. The Bertz CT molecular complexity index is 952. The maximum atomic E-state index is 13.3. The number of aryl methyl sites for hydroxylation is 1. The predicted octanol–water partition coefficient (Wildman–Crippen LogP) is 4.69. The van der Waals surface area contributed by atoms with Gasteiger partial charge in [-0.2, -0.15) is 0 Å². The minimum absolute atomic E-state index is 0.216. The molecule has 1 heterocycles. The van der Waals surface area contributed by atoms with Gasteiger partial charge in [-0.25, -0.2) is 4.39 Å². The maximum Gasteiger partial charge on any atom is 0.268 e. The Kier molecular flexibility index (Phi) is 5.34. The fraction of sp³-hybridized carbons (Fsp3) is 0.150. The number of hydrogen-bond donors (Lipinski definition) is 0. The summed E-state index contributed by atoms with van der Waals surface area (Å²) in [5, 5.41) is 0. The molecule has 25 heavy (non-hydrogen) atoms. The van der Waals surface area contributed by atoms with Gasteiger partial charge in [0.25, 0.3) is 5.56 Å². The lowest BCUT2D eigenvalue weighted by molar-refractivity contribution is 0.302. The number of hydrogen-bond acceptors (Lipinski definition) is 2. The van der Waals surface area contributed by atoms with Gasteiger partial charge in [0.2, 0.25) is 0 Å². The first-order chi connectivity index (χ1) is 12.0. The second kappa shape index (κ2) is 7.66. The molecule has 0 amide bonds. The van der Waals surface area contributed by atoms with E-state index in [1.165, 1.54) is 16.7 Å². The highest BCUT2D eigenvalue weighted by Crippen LogP contribution is 2.22. The van der Waals surface area contributed by atoms with Crippen molar-refractivity contribution in [1.82, 2.24) is 4.57 Å². The number of pyridine rings is 1. The van der Waals surface area contributed by atoms with Gasteiger partial charge in [-0.15, -0.1) is 0 Å². The van der Waals surface area contributed by atoms with Crippen LogP contribution in [0.15, 0.2) is 70.1 Å². The monoisotopic (exact) mass is 401 g/mol. The third-order valence-corrected chi connectivity index (χ3v) is 4.69. The molecule has 0 saturated heterocycles. The molecule has 3 nitrogen and oxygen atoms in total. The minimum Gasteiger partial charge on any atom is -0.487 e. The average molecular weight is 402 g/mol. The molecule has 0 N–H and O–H groups in total. The molecule has 0 fully saturated rings. The lowest BCUT2D eigenvalue weighted by Crippen LogP contribution is -2.21. The molecule has 3 rings (SSSR count). The first-order valence-corrected chi connectivity index (χ1v) is 8.64. The molecule has 0 saturated carbocycles. The van der Waals surface area contributed by atoms with E-state index >= 15 is 0 Å². The summed E-state index contributed by atoms with van der Waals surface area (Å²) >= 11 is 3.32. The molecule has 0 aliphatic carbocycles. The number of ether oxygens (including phenoxy) is 1. The fourth-order valence-electron chi connectivity index (χ4n) is 2.53. The highest BCUT2D eigenvalue weighted by atomic mass is 79.9. The molecule has 0 bridgehead atoms. The Labute approximate surface area is 153 Å². The molecule has 0 unspecified atom stereocenters. The molecule has 2 aromatic carbocycles. The van der Waals surface area contributed by atoms with Crippen molar-refractivity contribution in [2.75, 3.05) is 0 Å². The van der Waals surface area contributed by atoms with Gasteiger partial charge in [-0.1, -0.05) is 36.4 Å². The number of aromatic nitrogens is 1. The SMILES string of the molecule is Cc1ccccc1COc1ccn(Cc2cccc(F)c2)c(=O)c1Br. The van der Waals surface area contributed by atoms with Crippen LogP contribution in [0.1, 0.15) is 16.7 Å². The molecule has 0 atom stereocenters. The summed E-state index contributed by atoms with van der Waals surface area (Å²) in [6, 6.07) is 15.9. The normalized spacial score (nSPS) is 10.7. The lowest BCUT2D eigenvalue weighted by Gasteiger charge is -2.12. The molecule has 128 valence electrons. The van der Waals surface area contributed by atoms with Gasteiger partial charge in [-0.3, -0.25) is 4.79 Å². The van der Waals surface area contributed by atoms with E-state index in [-0.39, 0.29) is 11.4 Å². The Balaban J connectivity index is 1.78. The van der Waals surface area contributed by atoms with Gasteiger partial charge < -0.3 is 9.30 Å². The van der Waals surface area contributed by atoms with Crippen molar-refractivity contribution in [1.29, 1.82) is 0 Å². The molecule has 0 aliphatic heterocycles. The summed E-state index contributed by atoms with van der Waals surface area (Å²) in [7, 11) is 0. The second-order valence-corrected chi connectivity index (χ2v) is 6.57. The van der Waals surface area contributed by atoms with Crippen molar-refractivity contribution < 1.29 is 9.13 Å². The first-order valence-electron chi connectivity index (χ1n) is 7.85. The highest BCUT2D eigenvalue weighted by Gasteiger charge is 2.10. The van der Waals surface area contributed by atoms with Crippen LogP contribution in [0.4, 0.5) is 4.39 Å². The minimum atomic E-state index is -0.317. The van der Waals surface area contributed by atoms with Crippen LogP contribution in [0, 0.1) is 12.7 Å². The van der Waals surface area contributed by atoms with Crippen LogP contribution in [0.2, 0.25) is 0 Å². The Morgan fingerprint density at radius 3 is 2.68 bits per heavy atom. The van der Waals surface area contributed by atoms with Crippen LogP contribution in [-0.2, 0) is 13.2 Å². The summed E-state index contributed by atoms with van der Waals surface area (Å²) in [6.07, 6.45) is 1.66. The third-order valence-electron chi connectivity index (χ3n) is 3.96. The van der Waals surface area contributed by atoms with Crippen molar-refractivity contribution in [3.63, 3.8) is 0 Å². The highest BCUT2D eigenvalue weighted by molar-refractivity contribution is 9.10. The molecular formula is C20H17BrFNO2. The molecule has 0 aliphatic rings. The average Bonchev–Trinajstić information content (AvgIpc) is 2.60. The van der Waals surface area contributed by atoms with Gasteiger partial charge in [0.1, 0.15) is 22.6 Å². The molecule has 3 aromatic rings. The van der Waals surface area contributed by atoms with E-state index in [0.717, 1.165) is 16.7 Å².